The minimum atomic E-state index is -0.175. The predicted molar refractivity (Wildman–Crippen MR) is 71.3 cm³/mol. The summed E-state index contributed by atoms with van der Waals surface area (Å²) < 4.78 is 0. The van der Waals surface area contributed by atoms with Gasteiger partial charge in [-0.15, -0.1) is 0 Å². The Morgan fingerprint density at radius 1 is 1.22 bits per heavy atom. The minimum absolute atomic E-state index is 0.116. The van der Waals surface area contributed by atoms with E-state index in [0.717, 1.165) is 23.5 Å². The summed E-state index contributed by atoms with van der Waals surface area (Å²) in [7, 11) is 0. The molecule has 2 heterocycles. The molecular weight excluding hydrogens is 246 g/mol. The highest BCUT2D eigenvalue weighted by atomic mass is 32.2. The van der Waals surface area contributed by atoms with Crippen molar-refractivity contribution in [3.8, 4) is 0 Å². The first-order valence-corrected chi connectivity index (χ1v) is 7.33. The van der Waals surface area contributed by atoms with E-state index < -0.39 is 0 Å². The van der Waals surface area contributed by atoms with Gasteiger partial charge in [-0.3, -0.25) is 14.9 Å². The lowest BCUT2D eigenvalue weighted by Crippen LogP contribution is -2.50. The first kappa shape index (κ1) is 11.8. The van der Waals surface area contributed by atoms with Crippen LogP contribution in [0.15, 0.2) is 30.3 Å². The molecule has 0 bridgehead atoms. The van der Waals surface area contributed by atoms with Crippen molar-refractivity contribution in [3.05, 3.63) is 35.9 Å². The molecule has 2 fully saturated rings. The van der Waals surface area contributed by atoms with Crippen LogP contribution in [0, 0.1) is 5.41 Å². The van der Waals surface area contributed by atoms with E-state index in [1.165, 1.54) is 0 Å². The van der Waals surface area contributed by atoms with Crippen LogP contribution in [-0.4, -0.2) is 23.3 Å². The summed E-state index contributed by atoms with van der Waals surface area (Å²) in [6.07, 6.45) is 1.43. The molecule has 2 unspecified atom stereocenters. The summed E-state index contributed by atoms with van der Waals surface area (Å²) in [5.74, 6) is 1.54. The molecule has 1 spiro atoms. The van der Waals surface area contributed by atoms with Crippen molar-refractivity contribution in [1.82, 2.24) is 5.32 Å². The van der Waals surface area contributed by atoms with Gasteiger partial charge in [0.05, 0.1) is 5.92 Å². The zero-order valence-corrected chi connectivity index (χ0v) is 10.8. The maximum Gasteiger partial charge on any atom is 0.234 e. The summed E-state index contributed by atoms with van der Waals surface area (Å²) in [6, 6.07) is 9.84. The number of hydrogen-bond acceptors (Lipinski definition) is 3. The van der Waals surface area contributed by atoms with Gasteiger partial charge in [-0.2, -0.15) is 11.8 Å². The molecule has 0 aliphatic carbocycles. The molecule has 1 aromatic carbocycles. The number of hydrogen-bond donors (Lipinski definition) is 1. The third-order valence-electron chi connectivity index (χ3n) is 3.92. The number of amides is 2. The summed E-state index contributed by atoms with van der Waals surface area (Å²) in [4.78, 5) is 23.9. The highest BCUT2D eigenvalue weighted by Gasteiger charge is 2.50. The zero-order valence-electron chi connectivity index (χ0n) is 10.0. The van der Waals surface area contributed by atoms with Crippen molar-refractivity contribution in [2.24, 2.45) is 5.41 Å². The fourth-order valence-electron chi connectivity index (χ4n) is 3.09. The maximum absolute atomic E-state index is 12.2. The fraction of sp³-hybridized carbons (Fsp3) is 0.429. The predicted octanol–water partition coefficient (Wildman–Crippen LogP) is 1.94. The van der Waals surface area contributed by atoms with Crippen LogP contribution in [0.3, 0.4) is 0 Å². The van der Waals surface area contributed by atoms with E-state index in [9.17, 15) is 9.59 Å². The topological polar surface area (TPSA) is 46.2 Å². The number of nitrogens with one attached hydrogen (secondary N) is 1. The van der Waals surface area contributed by atoms with Crippen LogP contribution in [0.4, 0.5) is 0 Å². The Labute approximate surface area is 110 Å². The fourth-order valence-corrected chi connectivity index (χ4v) is 4.61. The smallest absolute Gasteiger partial charge is 0.234 e. The van der Waals surface area contributed by atoms with Crippen molar-refractivity contribution in [2.75, 3.05) is 11.5 Å². The Morgan fingerprint density at radius 2 is 2.00 bits per heavy atom. The lowest BCUT2D eigenvalue weighted by molar-refractivity contribution is -0.139. The number of rotatable bonds is 1. The zero-order chi connectivity index (χ0) is 12.6. The Hall–Kier alpha value is -1.29. The van der Waals surface area contributed by atoms with Gasteiger partial charge in [0.2, 0.25) is 11.8 Å². The molecule has 3 nitrogen and oxygen atoms in total. The molecule has 2 atom stereocenters. The molecule has 2 aliphatic rings. The molecular formula is C14H15NO2S. The molecule has 3 rings (SSSR count). The number of carbonyl (C=O) groups excluding carboxylic acids is 2. The molecule has 2 saturated heterocycles. The standard InChI is InChI=1S/C14H15NO2S/c16-11-8-14(6-7-18-9-14)12(13(17)15-11)10-4-2-1-3-5-10/h1-5,12H,6-9H2,(H,15,16,17). The number of benzene rings is 1. The summed E-state index contributed by atoms with van der Waals surface area (Å²) in [5.41, 5.74) is 0.871. The van der Waals surface area contributed by atoms with Gasteiger partial charge in [0, 0.05) is 17.6 Å². The summed E-state index contributed by atoms with van der Waals surface area (Å²) in [6.45, 7) is 0. The quantitative estimate of drug-likeness (QED) is 0.786. The second kappa shape index (κ2) is 4.43. The minimum Gasteiger partial charge on any atom is -0.296 e. The van der Waals surface area contributed by atoms with Crippen molar-refractivity contribution < 1.29 is 9.59 Å². The molecule has 18 heavy (non-hydrogen) atoms. The molecule has 0 aromatic heterocycles. The Morgan fingerprint density at radius 3 is 2.67 bits per heavy atom. The van der Waals surface area contributed by atoms with Crippen molar-refractivity contribution in [1.29, 1.82) is 0 Å². The third-order valence-corrected chi connectivity index (χ3v) is 5.19. The van der Waals surface area contributed by atoms with Gasteiger partial charge in [0.15, 0.2) is 0 Å². The van der Waals surface area contributed by atoms with Crippen LogP contribution in [0.5, 0.6) is 0 Å². The van der Waals surface area contributed by atoms with Gasteiger partial charge >= 0.3 is 0 Å². The largest absolute Gasteiger partial charge is 0.296 e. The van der Waals surface area contributed by atoms with E-state index in [1.807, 2.05) is 42.1 Å². The molecule has 0 saturated carbocycles. The first-order valence-electron chi connectivity index (χ1n) is 6.18. The van der Waals surface area contributed by atoms with Crippen LogP contribution >= 0.6 is 11.8 Å². The Kier molecular flexibility index (Phi) is 2.90. The van der Waals surface area contributed by atoms with Crippen molar-refractivity contribution in [2.45, 2.75) is 18.8 Å². The van der Waals surface area contributed by atoms with Crippen LogP contribution in [0.1, 0.15) is 24.3 Å². The molecule has 2 amide bonds. The normalized spacial score (nSPS) is 31.7. The van der Waals surface area contributed by atoms with Crippen LogP contribution in [-0.2, 0) is 9.59 Å². The summed E-state index contributed by atoms with van der Waals surface area (Å²) >= 11 is 1.85. The van der Waals surface area contributed by atoms with E-state index >= 15 is 0 Å². The van der Waals surface area contributed by atoms with E-state index in [4.69, 9.17) is 0 Å². The van der Waals surface area contributed by atoms with Crippen LogP contribution < -0.4 is 5.32 Å². The first-order chi connectivity index (χ1) is 8.71. The molecule has 1 N–H and O–H groups in total. The molecule has 1 aromatic rings. The summed E-state index contributed by atoms with van der Waals surface area (Å²) in [5, 5.41) is 2.49. The highest BCUT2D eigenvalue weighted by molar-refractivity contribution is 7.99. The lowest BCUT2D eigenvalue weighted by Gasteiger charge is -2.39. The van der Waals surface area contributed by atoms with Crippen LogP contribution in [0.25, 0.3) is 0 Å². The van der Waals surface area contributed by atoms with E-state index in [0.29, 0.717) is 6.42 Å². The SMILES string of the molecule is O=C1CC2(CCSC2)C(c2ccccc2)C(=O)N1. The van der Waals surface area contributed by atoms with Gasteiger partial charge in [-0.25, -0.2) is 0 Å². The molecule has 0 radical (unpaired) electrons. The van der Waals surface area contributed by atoms with Crippen LogP contribution in [0.2, 0.25) is 0 Å². The number of imide groups is 1. The number of thioether (sulfide) groups is 1. The highest BCUT2D eigenvalue weighted by Crippen LogP contribution is 2.51. The van der Waals surface area contributed by atoms with E-state index in [-0.39, 0.29) is 23.1 Å². The average Bonchev–Trinajstić information content (AvgIpc) is 2.78. The van der Waals surface area contributed by atoms with Crippen molar-refractivity contribution >= 4 is 23.6 Å². The monoisotopic (exact) mass is 261 g/mol. The molecule has 94 valence electrons. The lowest BCUT2D eigenvalue weighted by atomic mass is 9.67. The Bertz CT molecular complexity index is 480. The second-order valence-corrected chi connectivity index (χ2v) is 6.20. The Balaban J connectivity index is 2.03. The molecule has 4 heteroatoms. The second-order valence-electron chi connectivity index (χ2n) is 5.10. The number of piperidine rings is 1. The third kappa shape index (κ3) is 1.85. The van der Waals surface area contributed by atoms with Gasteiger partial charge in [-0.05, 0) is 17.7 Å². The van der Waals surface area contributed by atoms with E-state index in [2.05, 4.69) is 5.32 Å². The number of carbonyl (C=O) groups is 2. The van der Waals surface area contributed by atoms with Crippen molar-refractivity contribution in [3.63, 3.8) is 0 Å². The van der Waals surface area contributed by atoms with Gasteiger partial charge in [-0.1, -0.05) is 30.3 Å². The average molecular weight is 261 g/mol. The maximum atomic E-state index is 12.2. The van der Waals surface area contributed by atoms with Gasteiger partial charge in [0.25, 0.3) is 0 Å². The molecule has 2 aliphatic heterocycles. The van der Waals surface area contributed by atoms with Gasteiger partial charge < -0.3 is 0 Å². The van der Waals surface area contributed by atoms with E-state index in [1.54, 1.807) is 0 Å². The van der Waals surface area contributed by atoms with Gasteiger partial charge in [0.1, 0.15) is 0 Å².